The third-order valence-electron chi connectivity index (χ3n) is 7.41. The third kappa shape index (κ3) is 4.89. The van der Waals surface area contributed by atoms with E-state index in [1.54, 1.807) is 17.1 Å². The summed E-state index contributed by atoms with van der Waals surface area (Å²) in [6.45, 7) is 3.81. The lowest BCUT2D eigenvalue weighted by Gasteiger charge is -2.17. The van der Waals surface area contributed by atoms with E-state index in [0.29, 0.717) is 18.3 Å². The van der Waals surface area contributed by atoms with Gasteiger partial charge in [-0.2, -0.15) is 5.10 Å². The first-order valence-electron chi connectivity index (χ1n) is 12.6. The number of benzene rings is 1. The fourth-order valence-electron chi connectivity index (χ4n) is 4.90. The van der Waals surface area contributed by atoms with Gasteiger partial charge in [-0.05, 0) is 62.0 Å². The molecule has 1 unspecified atom stereocenters. The molecule has 4 aromatic rings. The molecule has 0 radical (unpaired) electrons. The SMILES string of the molecule is CN1CCC(CC(=O)c2nnc(C3(C)CC3)o2)c2ccc(-c3ccnc(Nc4cnn(C)c4)n3)cc2C1. The summed E-state index contributed by atoms with van der Waals surface area (Å²) in [5.74, 6) is 1.23. The Labute approximate surface area is 215 Å². The number of ketones is 1. The number of hydrogen-bond donors (Lipinski definition) is 1. The number of nitrogens with one attached hydrogen (secondary N) is 1. The van der Waals surface area contributed by atoms with Gasteiger partial charge in [0.1, 0.15) is 0 Å². The van der Waals surface area contributed by atoms with Gasteiger partial charge in [0.05, 0.1) is 17.6 Å². The van der Waals surface area contributed by atoms with Crippen LogP contribution < -0.4 is 5.32 Å². The molecule has 190 valence electrons. The van der Waals surface area contributed by atoms with Crippen molar-refractivity contribution in [3.8, 4) is 11.3 Å². The van der Waals surface area contributed by atoms with Crippen LogP contribution in [0.5, 0.6) is 0 Å². The van der Waals surface area contributed by atoms with Gasteiger partial charge in [0.2, 0.25) is 17.6 Å². The molecule has 0 saturated heterocycles. The molecule has 0 bridgehead atoms. The third-order valence-corrected chi connectivity index (χ3v) is 7.41. The zero-order valence-corrected chi connectivity index (χ0v) is 21.3. The predicted molar refractivity (Wildman–Crippen MR) is 137 cm³/mol. The van der Waals surface area contributed by atoms with E-state index in [2.05, 4.69) is 62.7 Å². The second-order valence-corrected chi connectivity index (χ2v) is 10.5. The first kappa shape index (κ1) is 23.5. The van der Waals surface area contributed by atoms with Crippen molar-refractivity contribution in [1.82, 2.24) is 34.8 Å². The highest BCUT2D eigenvalue weighted by molar-refractivity contribution is 5.92. The van der Waals surface area contributed by atoms with E-state index >= 15 is 0 Å². The average Bonchev–Trinajstić information content (AvgIpc) is 3.28. The lowest BCUT2D eigenvalue weighted by atomic mass is 9.87. The minimum atomic E-state index is -0.0884. The van der Waals surface area contributed by atoms with Crippen LogP contribution in [0.4, 0.5) is 11.6 Å². The number of nitrogens with zero attached hydrogens (tertiary/aromatic N) is 7. The Bertz CT molecular complexity index is 1450. The molecule has 1 N–H and O–H groups in total. The van der Waals surface area contributed by atoms with Crippen LogP contribution >= 0.6 is 0 Å². The Balaban J connectivity index is 1.24. The minimum Gasteiger partial charge on any atom is -0.418 e. The summed E-state index contributed by atoms with van der Waals surface area (Å²) >= 11 is 0. The van der Waals surface area contributed by atoms with Gasteiger partial charge >= 0.3 is 0 Å². The highest BCUT2D eigenvalue weighted by Crippen LogP contribution is 2.46. The Morgan fingerprint density at radius 2 is 2.08 bits per heavy atom. The van der Waals surface area contributed by atoms with E-state index in [0.717, 1.165) is 49.3 Å². The highest BCUT2D eigenvalue weighted by Gasteiger charge is 2.44. The lowest BCUT2D eigenvalue weighted by molar-refractivity contribution is 0.0935. The smallest absolute Gasteiger partial charge is 0.284 e. The summed E-state index contributed by atoms with van der Waals surface area (Å²) in [4.78, 5) is 24.5. The van der Waals surface area contributed by atoms with E-state index in [4.69, 9.17) is 9.40 Å². The summed E-state index contributed by atoms with van der Waals surface area (Å²) in [7, 11) is 3.98. The van der Waals surface area contributed by atoms with Crippen LogP contribution in [0.1, 0.15) is 66.2 Å². The van der Waals surface area contributed by atoms with Gasteiger partial charge in [-0.1, -0.05) is 19.1 Å². The van der Waals surface area contributed by atoms with E-state index in [1.165, 1.54) is 11.1 Å². The molecule has 1 aromatic carbocycles. The van der Waals surface area contributed by atoms with Crippen LogP contribution in [-0.4, -0.2) is 54.2 Å². The molecule has 4 heterocycles. The Morgan fingerprint density at radius 1 is 1.22 bits per heavy atom. The number of aryl methyl sites for hydroxylation is 1. The van der Waals surface area contributed by atoms with Crippen molar-refractivity contribution in [2.75, 3.05) is 18.9 Å². The second-order valence-electron chi connectivity index (χ2n) is 10.5. The molecule has 2 aliphatic rings. The maximum absolute atomic E-state index is 13.1. The highest BCUT2D eigenvalue weighted by atomic mass is 16.4. The van der Waals surface area contributed by atoms with Gasteiger partial charge in [0.25, 0.3) is 5.89 Å². The molecule has 1 aliphatic heterocycles. The zero-order valence-electron chi connectivity index (χ0n) is 21.3. The summed E-state index contributed by atoms with van der Waals surface area (Å²) in [6, 6.07) is 8.31. The number of rotatable bonds is 7. The van der Waals surface area contributed by atoms with E-state index in [1.807, 2.05) is 19.3 Å². The van der Waals surface area contributed by atoms with Crippen LogP contribution in [0, 0.1) is 0 Å². The molecule has 1 atom stereocenters. The van der Waals surface area contributed by atoms with Crippen LogP contribution in [-0.2, 0) is 19.0 Å². The number of aromatic nitrogens is 6. The quantitative estimate of drug-likeness (QED) is 0.373. The van der Waals surface area contributed by atoms with Gasteiger partial charge in [-0.25, -0.2) is 9.97 Å². The Kier molecular flexibility index (Phi) is 5.83. The van der Waals surface area contributed by atoms with Gasteiger partial charge < -0.3 is 14.6 Å². The molecular formula is C27H30N8O2. The van der Waals surface area contributed by atoms with Crippen molar-refractivity contribution in [3.63, 3.8) is 0 Å². The molecule has 3 aromatic heterocycles. The van der Waals surface area contributed by atoms with E-state index < -0.39 is 0 Å². The topological polar surface area (TPSA) is 115 Å². The van der Waals surface area contributed by atoms with Crippen LogP contribution in [0.15, 0.2) is 47.3 Å². The summed E-state index contributed by atoms with van der Waals surface area (Å²) in [5.41, 5.74) is 5.01. The molecule has 37 heavy (non-hydrogen) atoms. The van der Waals surface area contributed by atoms with Crippen molar-refractivity contribution >= 4 is 17.4 Å². The molecular weight excluding hydrogens is 468 g/mol. The minimum absolute atomic E-state index is 0.0477. The molecule has 1 fully saturated rings. The molecule has 1 aliphatic carbocycles. The largest absolute Gasteiger partial charge is 0.418 e. The van der Waals surface area contributed by atoms with Crippen LogP contribution in [0.2, 0.25) is 0 Å². The lowest BCUT2D eigenvalue weighted by Crippen LogP contribution is -2.17. The number of carbonyl (C=O) groups is 1. The molecule has 10 heteroatoms. The number of Topliss-reactive ketones (excluding diaryl/α,β-unsaturated/α-hetero) is 1. The summed E-state index contributed by atoms with van der Waals surface area (Å²) in [6.07, 6.45) is 8.65. The molecule has 1 saturated carbocycles. The van der Waals surface area contributed by atoms with Gasteiger partial charge in [-0.15, -0.1) is 10.2 Å². The maximum atomic E-state index is 13.1. The number of fused-ring (bicyclic) bond motifs is 1. The fourth-order valence-corrected chi connectivity index (χ4v) is 4.90. The maximum Gasteiger partial charge on any atom is 0.284 e. The fraction of sp³-hybridized carbons (Fsp3) is 0.407. The molecule has 6 rings (SSSR count). The molecule has 0 spiro atoms. The molecule has 0 amide bonds. The van der Waals surface area contributed by atoms with Crippen molar-refractivity contribution in [2.24, 2.45) is 7.05 Å². The van der Waals surface area contributed by atoms with Gasteiger partial charge in [0.15, 0.2) is 0 Å². The Morgan fingerprint density at radius 3 is 2.86 bits per heavy atom. The zero-order chi connectivity index (χ0) is 25.6. The van der Waals surface area contributed by atoms with E-state index in [-0.39, 0.29) is 23.0 Å². The van der Waals surface area contributed by atoms with Gasteiger partial charge in [-0.3, -0.25) is 9.48 Å². The monoisotopic (exact) mass is 498 g/mol. The standard InChI is InChI=1S/C27H30N8O2/c1-27(8-9-27)25-33-32-24(37-25)23(36)13-17-7-11-34(2)15-19-12-18(4-5-21(17)19)22-6-10-28-26(31-22)30-20-14-29-35(3)16-20/h4-6,10,12,14,16-17H,7-9,11,13,15H2,1-3H3,(H,28,30,31). The van der Waals surface area contributed by atoms with Crippen molar-refractivity contribution in [1.29, 1.82) is 0 Å². The average molecular weight is 499 g/mol. The number of carbonyl (C=O) groups excluding carboxylic acids is 1. The summed E-state index contributed by atoms with van der Waals surface area (Å²) in [5, 5.41) is 15.6. The van der Waals surface area contributed by atoms with Crippen LogP contribution in [0.3, 0.4) is 0 Å². The normalized spacial score (nSPS) is 18.7. The second kappa shape index (κ2) is 9.19. The van der Waals surface area contributed by atoms with E-state index in [9.17, 15) is 4.79 Å². The Hall–Kier alpha value is -3.92. The van der Waals surface area contributed by atoms with Crippen LogP contribution in [0.25, 0.3) is 11.3 Å². The first-order valence-corrected chi connectivity index (χ1v) is 12.6. The first-order chi connectivity index (χ1) is 17.9. The van der Waals surface area contributed by atoms with Crippen molar-refractivity contribution in [3.05, 3.63) is 65.8 Å². The predicted octanol–water partition coefficient (Wildman–Crippen LogP) is 4.25. The molecule has 10 nitrogen and oxygen atoms in total. The number of anilines is 2. The van der Waals surface area contributed by atoms with Gasteiger partial charge in [0, 0.05) is 43.4 Å². The number of hydrogen-bond acceptors (Lipinski definition) is 9. The summed E-state index contributed by atoms with van der Waals surface area (Å²) < 4.78 is 7.50. The van der Waals surface area contributed by atoms with Crippen molar-refractivity contribution < 1.29 is 9.21 Å². The van der Waals surface area contributed by atoms with Crippen molar-refractivity contribution in [2.45, 2.75) is 50.5 Å².